The van der Waals surface area contributed by atoms with Crippen molar-refractivity contribution < 1.29 is 33.1 Å². The average Bonchev–Trinajstić information content (AvgIpc) is 2.93. The highest BCUT2D eigenvalue weighted by molar-refractivity contribution is 7.98. The third-order valence-electron chi connectivity index (χ3n) is 2.75. The van der Waals surface area contributed by atoms with Gasteiger partial charge in [0.15, 0.2) is 0 Å². The zero-order chi connectivity index (χ0) is 13.1. The van der Waals surface area contributed by atoms with Gasteiger partial charge in [0.1, 0.15) is 0 Å². The van der Waals surface area contributed by atoms with Gasteiger partial charge in [-0.1, -0.05) is 48.2 Å². The molecule has 0 bridgehead atoms. The summed E-state index contributed by atoms with van der Waals surface area (Å²) in [5.74, 6) is 0.746. The van der Waals surface area contributed by atoms with Gasteiger partial charge >= 0.3 is 11.1 Å². The summed E-state index contributed by atoms with van der Waals surface area (Å²) in [7, 11) is 0. The van der Waals surface area contributed by atoms with Crippen LogP contribution in [0.1, 0.15) is 0 Å². The van der Waals surface area contributed by atoms with E-state index in [-0.39, 0.29) is 24.0 Å². The van der Waals surface area contributed by atoms with Gasteiger partial charge in [0, 0.05) is 12.1 Å². The molecular formula is C15H13IN2OS. The number of aromatic nitrogens is 2. The molecule has 0 aliphatic heterocycles. The number of hydrogen-bond donors (Lipinski definition) is 0. The van der Waals surface area contributed by atoms with Crippen molar-refractivity contribution in [3.05, 3.63) is 60.7 Å². The number of hydrogen-bond acceptors (Lipinski definition) is 3. The maximum Gasteiger partial charge on any atom is 0.414 e. The van der Waals surface area contributed by atoms with E-state index in [4.69, 9.17) is 4.42 Å². The predicted molar refractivity (Wildman–Crippen MR) is 75.3 cm³/mol. The molecule has 2 aromatic carbocycles. The summed E-state index contributed by atoms with van der Waals surface area (Å²) < 4.78 is 7.65. The molecule has 0 spiro atoms. The molecule has 102 valence electrons. The maximum absolute atomic E-state index is 5.82. The molecule has 0 fully saturated rings. The lowest BCUT2D eigenvalue weighted by atomic mass is 10.2. The summed E-state index contributed by atoms with van der Waals surface area (Å²) in [4.78, 5) is 0. The summed E-state index contributed by atoms with van der Waals surface area (Å²) in [6, 6.07) is 20.0. The fourth-order valence-corrected chi connectivity index (χ4v) is 2.19. The summed E-state index contributed by atoms with van der Waals surface area (Å²) in [5.41, 5.74) is 2.00. The number of benzene rings is 2. The molecule has 0 aliphatic rings. The Bertz CT molecular complexity index is 614. The minimum atomic E-state index is 0. The van der Waals surface area contributed by atoms with Crippen LogP contribution in [-0.4, -0.2) is 11.4 Å². The van der Waals surface area contributed by atoms with Crippen LogP contribution in [0.3, 0.4) is 0 Å². The van der Waals surface area contributed by atoms with Crippen molar-refractivity contribution in [3.63, 3.8) is 0 Å². The Morgan fingerprint density at radius 1 is 0.950 bits per heavy atom. The molecule has 0 unspecified atom stereocenters. The van der Waals surface area contributed by atoms with E-state index in [0.717, 1.165) is 17.1 Å². The van der Waals surface area contributed by atoms with Gasteiger partial charge in [0.2, 0.25) is 5.69 Å². The highest BCUT2D eigenvalue weighted by Crippen LogP contribution is 2.21. The van der Waals surface area contributed by atoms with Crippen LogP contribution < -0.4 is 28.7 Å². The van der Waals surface area contributed by atoms with Crippen LogP contribution in [0, 0.1) is 0 Å². The molecule has 3 aromatic rings. The molecule has 1 aromatic heterocycles. The van der Waals surface area contributed by atoms with Crippen LogP contribution >= 0.6 is 11.8 Å². The van der Waals surface area contributed by atoms with E-state index in [1.807, 2.05) is 71.6 Å². The van der Waals surface area contributed by atoms with Crippen LogP contribution in [0.4, 0.5) is 0 Å². The topological polar surface area (TPSA) is 29.9 Å². The van der Waals surface area contributed by atoms with Crippen molar-refractivity contribution in [2.75, 3.05) is 6.26 Å². The fraction of sp³-hybridized carbons (Fsp3) is 0.0667. The number of thioether (sulfide) groups is 1. The lowest BCUT2D eigenvalue weighted by Gasteiger charge is -1.92. The zero-order valence-corrected chi connectivity index (χ0v) is 13.8. The summed E-state index contributed by atoms with van der Waals surface area (Å²) >= 11 is 1.49. The van der Waals surface area contributed by atoms with Gasteiger partial charge < -0.3 is 28.4 Å². The monoisotopic (exact) mass is 396 g/mol. The van der Waals surface area contributed by atoms with Crippen LogP contribution in [0.2, 0.25) is 0 Å². The first-order valence-corrected chi connectivity index (χ1v) is 7.19. The van der Waals surface area contributed by atoms with Crippen molar-refractivity contribution in [2.45, 2.75) is 5.22 Å². The molecule has 20 heavy (non-hydrogen) atoms. The second-order valence-electron chi connectivity index (χ2n) is 3.99. The Labute approximate surface area is 139 Å². The van der Waals surface area contributed by atoms with Gasteiger partial charge in [-0.3, -0.25) is 0 Å². The first kappa shape index (κ1) is 15.1. The smallest absolute Gasteiger partial charge is 0.414 e. The molecule has 0 atom stereocenters. The Hall–Kier alpha value is -1.34. The lowest BCUT2D eigenvalue weighted by Crippen LogP contribution is -3.00. The largest absolute Gasteiger partial charge is 1.00 e. The highest BCUT2D eigenvalue weighted by atomic mass is 127. The minimum Gasteiger partial charge on any atom is -1.00 e. The standard InChI is InChI=1S/C15H13N2OS.HI/c1-19-15-16-17(13-10-6-3-7-11-13)14(18-15)12-8-4-2-5-9-12;/h2-11H,1H3;1H/q+1;/p-1. The molecule has 3 nitrogen and oxygen atoms in total. The highest BCUT2D eigenvalue weighted by Gasteiger charge is 2.25. The number of rotatable bonds is 3. The van der Waals surface area contributed by atoms with Gasteiger partial charge in [-0.25, -0.2) is 0 Å². The third-order valence-corrected chi connectivity index (χ3v) is 3.27. The van der Waals surface area contributed by atoms with Gasteiger partial charge in [-0.15, -0.1) is 0 Å². The van der Waals surface area contributed by atoms with Crippen LogP contribution in [0.25, 0.3) is 17.1 Å². The van der Waals surface area contributed by atoms with E-state index < -0.39 is 0 Å². The molecule has 1 heterocycles. The van der Waals surface area contributed by atoms with Crippen molar-refractivity contribution in [1.29, 1.82) is 0 Å². The Morgan fingerprint density at radius 3 is 2.15 bits per heavy atom. The van der Waals surface area contributed by atoms with E-state index in [2.05, 4.69) is 5.10 Å². The lowest BCUT2D eigenvalue weighted by molar-refractivity contribution is -0.650. The molecule has 0 radical (unpaired) electrons. The van der Waals surface area contributed by atoms with Crippen molar-refractivity contribution in [2.24, 2.45) is 0 Å². The van der Waals surface area contributed by atoms with Crippen molar-refractivity contribution in [1.82, 2.24) is 5.10 Å². The molecule has 0 saturated heterocycles. The molecule has 5 heteroatoms. The average molecular weight is 396 g/mol. The fourth-order valence-electron chi connectivity index (χ4n) is 1.86. The second kappa shape index (κ2) is 6.90. The van der Waals surface area contributed by atoms with Crippen LogP contribution in [-0.2, 0) is 0 Å². The summed E-state index contributed by atoms with van der Waals surface area (Å²) in [6.07, 6.45) is 1.95. The molecular weight excluding hydrogens is 383 g/mol. The number of halogens is 1. The Kier molecular flexibility index (Phi) is 5.19. The molecule has 0 aliphatic carbocycles. The third kappa shape index (κ3) is 3.04. The second-order valence-corrected chi connectivity index (χ2v) is 4.75. The first-order valence-electron chi connectivity index (χ1n) is 5.96. The minimum absolute atomic E-state index is 0. The first-order chi connectivity index (χ1) is 9.38. The van der Waals surface area contributed by atoms with E-state index in [1.54, 1.807) is 0 Å². The molecule has 0 saturated carbocycles. The Balaban J connectivity index is 0.00000147. The van der Waals surface area contributed by atoms with Crippen LogP contribution in [0.5, 0.6) is 0 Å². The van der Waals surface area contributed by atoms with Crippen LogP contribution in [0.15, 0.2) is 70.3 Å². The zero-order valence-electron chi connectivity index (χ0n) is 10.9. The SMILES string of the molecule is CSc1n[n+](-c2ccccc2)c(-c2ccccc2)o1.[I-]. The van der Waals surface area contributed by atoms with E-state index >= 15 is 0 Å². The predicted octanol–water partition coefficient (Wildman–Crippen LogP) is 0.344. The Morgan fingerprint density at radius 2 is 1.55 bits per heavy atom. The van der Waals surface area contributed by atoms with Crippen molar-refractivity contribution in [3.8, 4) is 17.1 Å². The summed E-state index contributed by atoms with van der Waals surface area (Å²) in [6.45, 7) is 0. The van der Waals surface area contributed by atoms with Gasteiger partial charge in [0.25, 0.3) is 0 Å². The van der Waals surface area contributed by atoms with Crippen molar-refractivity contribution >= 4 is 11.8 Å². The quantitative estimate of drug-likeness (QED) is 0.364. The number of nitrogens with zero attached hydrogens (tertiary/aromatic N) is 2. The van der Waals surface area contributed by atoms with E-state index in [0.29, 0.717) is 5.22 Å². The number of para-hydroxylation sites is 1. The maximum atomic E-state index is 5.82. The van der Waals surface area contributed by atoms with Gasteiger partial charge in [0.05, 0.1) is 10.7 Å². The van der Waals surface area contributed by atoms with Gasteiger partial charge in [-0.05, 0) is 23.1 Å². The summed E-state index contributed by atoms with van der Waals surface area (Å²) in [5, 5.41) is 5.14. The molecule has 0 N–H and O–H groups in total. The molecule has 3 rings (SSSR count). The van der Waals surface area contributed by atoms with E-state index in [1.165, 1.54) is 11.8 Å². The van der Waals surface area contributed by atoms with Gasteiger partial charge in [-0.2, -0.15) is 0 Å². The van der Waals surface area contributed by atoms with E-state index in [9.17, 15) is 0 Å². The normalized spacial score (nSPS) is 10.1. The molecule has 0 amide bonds.